The molecular weight excluding hydrogens is 310 g/mol. The van der Waals surface area contributed by atoms with Gasteiger partial charge >= 0.3 is 0 Å². The van der Waals surface area contributed by atoms with Crippen LogP contribution in [-0.2, 0) is 10.5 Å². The normalized spacial score (nSPS) is 13.2. The summed E-state index contributed by atoms with van der Waals surface area (Å²) in [5, 5.41) is 2.96. The molecule has 1 amide bonds. The van der Waals surface area contributed by atoms with E-state index < -0.39 is 0 Å². The largest absolute Gasteiger partial charge is 0.351 e. The molecule has 0 aromatic heterocycles. The van der Waals surface area contributed by atoms with E-state index in [1.807, 2.05) is 39.8 Å². The minimum atomic E-state index is -0.165. The zero-order chi connectivity index (χ0) is 13.8. The van der Waals surface area contributed by atoms with Gasteiger partial charge < -0.3 is 5.32 Å². The van der Waals surface area contributed by atoms with Crippen LogP contribution in [0.1, 0.15) is 33.3 Å². The number of benzene rings is 1. The molecule has 1 aromatic carbocycles. The molecule has 100 valence electrons. The Labute approximate surface area is 122 Å². The summed E-state index contributed by atoms with van der Waals surface area (Å²) in [6.45, 7) is 7.94. The van der Waals surface area contributed by atoms with Gasteiger partial charge in [0, 0.05) is 15.8 Å². The number of hydrogen-bond acceptors (Lipinski definition) is 2. The fourth-order valence-corrected chi connectivity index (χ4v) is 2.67. The first-order chi connectivity index (χ1) is 8.28. The number of carbonyl (C=O) groups is 1. The fourth-order valence-electron chi connectivity index (χ4n) is 1.39. The highest BCUT2D eigenvalue weighted by Crippen LogP contribution is 2.21. The van der Waals surface area contributed by atoms with Gasteiger partial charge in [-0.25, -0.2) is 0 Å². The quantitative estimate of drug-likeness (QED) is 0.904. The van der Waals surface area contributed by atoms with E-state index in [-0.39, 0.29) is 16.7 Å². The van der Waals surface area contributed by atoms with Gasteiger partial charge in [-0.3, -0.25) is 4.79 Å². The highest BCUT2D eigenvalue weighted by atomic mass is 79.9. The first-order valence-electron chi connectivity index (χ1n) is 5.96. The van der Waals surface area contributed by atoms with Crippen molar-refractivity contribution in [2.24, 2.45) is 0 Å². The first-order valence-corrected chi connectivity index (χ1v) is 7.80. The van der Waals surface area contributed by atoms with E-state index >= 15 is 0 Å². The van der Waals surface area contributed by atoms with Crippen molar-refractivity contribution in [3.05, 3.63) is 34.3 Å². The third kappa shape index (κ3) is 5.91. The predicted molar refractivity (Wildman–Crippen MR) is 82.8 cm³/mol. The summed E-state index contributed by atoms with van der Waals surface area (Å²) in [6.07, 6.45) is 0. The second-order valence-corrected chi connectivity index (χ2v) is 7.57. The van der Waals surface area contributed by atoms with E-state index in [1.54, 1.807) is 11.8 Å². The molecule has 1 aromatic rings. The lowest BCUT2D eigenvalue weighted by Gasteiger charge is -2.23. The molecule has 2 nitrogen and oxygen atoms in total. The average molecular weight is 330 g/mol. The van der Waals surface area contributed by atoms with Crippen molar-refractivity contribution in [1.82, 2.24) is 5.32 Å². The topological polar surface area (TPSA) is 29.1 Å². The highest BCUT2D eigenvalue weighted by molar-refractivity contribution is 9.10. The Morgan fingerprint density at radius 3 is 2.67 bits per heavy atom. The molecule has 0 unspecified atom stereocenters. The third-order valence-corrected chi connectivity index (χ3v) is 3.96. The van der Waals surface area contributed by atoms with Crippen molar-refractivity contribution in [3.8, 4) is 0 Å². The lowest BCUT2D eigenvalue weighted by Crippen LogP contribution is -2.44. The number of nitrogens with one attached hydrogen (secondary N) is 1. The molecule has 0 radical (unpaired) electrons. The smallest absolute Gasteiger partial charge is 0.233 e. The number of thioether (sulfide) groups is 1. The van der Waals surface area contributed by atoms with Crippen LogP contribution in [0.2, 0.25) is 0 Å². The lowest BCUT2D eigenvalue weighted by molar-refractivity contribution is -0.121. The number of amides is 1. The number of rotatable bonds is 4. The molecule has 0 spiro atoms. The maximum atomic E-state index is 11.9. The van der Waals surface area contributed by atoms with Gasteiger partial charge in [0.2, 0.25) is 5.91 Å². The Bertz CT molecular complexity index is 415. The van der Waals surface area contributed by atoms with E-state index in [9.17, 15) is 4.79 Å². The zero-order valence-corrected chi connectivity index (χ0v) is 13.7. The average Bonchev–Trinajstić information content (AvgIpc) is 2.23. The first kappa shape index (κ1) is 15.6. The Kier molecular flexibility index (Phi) is 5.73. The molecule has 0 saturated carbocycles. The molecule has 1 rings (SSSR count). The van der Waals surface area contributed by atoms with Crippen molar-refractivity contribution < 1.29 is 4.79 Å². The molecule has 4 heteroatoms. The lowest BCUT2D eigenvalue weighted by atomic mass is 10.1. The van der Waals surface area contributed by atoms with Crippen molar-refractivity contribution >= 4 is 33.6 Å². The SMILES string of the molecule is C[C@H](SCc1cccc(Br)c1)C(=O)NC(C)(C)C. The highest BCUT2D eigenvalue weighted by Gasteiger charge is 2.19. The van der Waals surface area contributed by atoms with Gasteiger partial charge in [0.15, 0.2) is 0 Å². The molecule has 1 N–H and O–H groups in total. The van der Waals surface area contributed by atoms with Crippen LogP contribution in [0.15, 0.2) is 28.7 Å². The van der Waals surface area contributed by atoms with E-state index in [1.165, 1.54) is 5.56 Å². The predicted octanol–water partition coefficient (Wildman–Crippen LogP) is 3.99. The van der Waals surface area contributed by atoms with Crippen molar-refractivity contribution in [1.29, 1.82) is 0 Å². The number of halogens is 1. The molecule has 0 aliphatic heterocycles. The summed E-state index contributed by atoms with van der Waals surface area (Å²) in [4.78, 5) is 11.9. The molecular formula is C14H20BrNOS. The summed E-state index contributed by atoms with van der Waals surface area (Å²) in [6, 6.07) is 8.18. The van der Waals surface area contributed by atoms with Gasteiger partial charge in [0.1, 0.15) is 0 Å². The summed E-state index contributed by atoms with van der Waals surface area (Å²) in [7, 11) is 0. The number of carbonyl (C=O) groups excluding carboxylic acids is 1. The van der Waals surface area contributed by atoms with Crippen LogP contribution in [0.3, 0.4) is 0 Å². The van der Waals surface area contributed by atoms with Gasteiger partial charge in [0.25, 0.3) is 0 Å². The molecule has 0 bridgehead atoms. The minimum Gasteiger partial charge on any atom is -0.351 e. The van der Waals surface area contributed by atoms with Crippen LogP contribution in [0.4, 0.5) is 0 Å². The third-order valence-electron chi connectivity index (χ3n) is 2.26. The summed E-state index contributed by atoms with van der Waals surface area (Å²) < 4.78 is 1.08. The molecule has 0 heterocycles. The standard InChI is InChI=1S/C14H20BrNOS/c1-10(13(17)16-14(2,3)4)18-9-11-6-5-7-12(15)8-11/h5-8,10H,9H2,1-4H3,(H,16,17)/t10-/m0/s1. The number of hydrogen-bond donors (Lipinski definition) is 1. The summed E-state index contributed by atoms with van der Waals surface area (Å²) >= 11 is 5.10. The van der Waals surface area contributed by atoms with E-state index in [4.69, 9.17) is 0 Å². The molecule has 1 atom stereocenters. The van der Waals surface area contributed by atoms with Gasteiger partial charge in [-0.1, -0.05) is 28.1 Å². The second kappa shape index (κ2) is 6.62. The van der Waals surface area contributed by atoms with E-state index in [0.717, 1.165) is 10.2 Å². The monoisotopic (exact) mass is 329 g/mol. The molecule has 0 fully saturated rings. The fraction of sp³-hybridized carbons (Fsp3) is 0.500. The van der Waals surface area contributed by atoms with Crippen LogP contribution in [0.25, 0.3) is 0 Å². The zero-order valence-electron chi connectivity index (χ0n) is 11.3. The molecule has 0 saturated heterocycles. The van der Waals surface area contributed by atoms with Crippen LogP contribution in [0, 0.1) is 0 Å². The molecule has 0 aliphatic rings. The Morgan fingerprint density at radius 1 is 1.44 bits per heavy atom. The van der Waals surface area contributed by atoms with E-state index in [2.05, 4.69) is 33.4 Å². The van der Waals surface area contributed by atoms with Crippen LogP contribution in [-0.4, -0.2) is 16.7 Å². The van der Waals surface area contributed by atoms with Gasteiger partial charge in [-0.2, -0.15) is 0 Å². The maximum absolute atomic E-state index is 11.9. The van der Waals surface area contributed by atoms with Gasteiger partial charge in [-0.05, 0) is 45.4 Å². The molecule has 18 heavy (non-hydrogen) atoms. The second-order valence-electron chi connectivity index (χ2n) is 5.32. The van der Waals surface area contributed by atoms with Crippen molar-refractivity contribution in [2.45, 2.75) is 44.2 Å². The Balaban J connectivity index is 2.46. The van der Waals surface area contributed by atoms with Crippen molar-refractivity contribution in [3.63, 3.8) is 0 Å². The van der Waals surface area contributed by atoms with Gasteiger partial charge in [0.05, 0.1) is 5.25 Å². The van der Waals surface area contributed by atoms with Crippen LogP contribution in [0.5, 0.6) is 0 Å². The van der Waals surface area contributed by atoms with Crippen LogP contribution < -0.4 is 5.32 Å². The van der Waals surface area contributed by atoms with E-state index in [0.29, 0.717) is 0 Å². The van der Waals surface area contributed by atoms with Crippen molar-refractivity contribution in [2.75, 3.05) is 0 Å². The Hall–Kier alpha value is -0.480. The Morgan fingerprint density at radius 2 is 2.11 bits per heavy atom. The molecule has 0 aliphatic carbocycles. The van der Waals surface area contributed by atoms with Gasteiger partial charge in [-0.15, -0.1) is 11.8 Å². The minimum absolute atomic E-state index is 0.0387. The summed E-state index contributed by atoms with van der Waals surface area (Å²) in [5.74, 6) is 0.945. The maximum Gasteiger partial charge on any atom is 0.233 e. The van der Waals surface area contributed by atoms with Crippen LogP contribution >= 0.6 is 27.7 Å². The summed E-state index contributed by atoms with van der Waals surface area (Å²) in [5.41, 5.74) is 1.06.